The molecule has 3 aromatic rings. The number of nitrogens with zero attached hydrogens (tertiary/aromatic N) is 1. The largest absolute Gasteiger partial charge is 0.207 e. The Kier molecular flexibility index (Phi) is 4.16. The zero-order valence-electron chi connectivity index (χ0n) is 12.2. The van der Waals surface area contributed by atoms with Gasteiger partial charge in [0, 0.05) is 5.56 Å². The van der Waals surface area contributed by atoms with Crippen molar-refractivity contribution in [2.45, 2.75) is 5.92 Å². The lowest BCUT2D eigenvalue weighted by Gasteiger charge is -2.16. The highest BCUT2D eigenvalue weighted by atomic mass is 19.1. The Labute approximate surface area is 133 Å². The predicted molar refractivity (Wildman–Crippen MR) is 85.7 cm³/mol. The highest BCUT2D eigenvalue weighted by Crippen LogP contribution is 2.34. The first-order valence-corrected chi connectivity index (χ1v) is 7.19. The summed E-state index contributed by atoms with van der Waals surface area (Å²) in [6.45, 7) is 0. The summed E-state index contributed by atoms with van der Waals surface area (Å²) in [6.07, 6.45) is 0. The molecule has 0 heterocycles. The van der Waals surface area contributed by atoms with Crippen molar-refractivity contribution in [3.05, 3.63) is 95.6 Å². The molecule has 0 aliphatic heterocycles. The molecule has 112 valence electrons. The minimum Gasteiger partial charge on any atom is -0.207 e. The quantitative estimate of drug-likeness (QED) is 0.645. The summed E-state index contributed by atoms with van der Waals surface area (Å²) >= 11 is 0. The Balaban J connectivity index is 2.21. The Morgan fingerprint density at radius 3 is 2.17 bits per heavy atom. The van der Waals surface area contributed by atoms with E-state index in [9.17, 15) is 14.0 Å². The highest BCUT2D eigenvalue weighted by molar-refractivity contribution is 5.70. The number of rotatable bonds is 3. The Morgan fingerprint density at radius 1 is 0.783 bits per heavy atom. The van der Waals surface area contributed by atoms with Gasteiger partial charge in [-0.25, -0.2) is 8.78 Å². The lowest BCUT2D eigenvalue weighted by atomic mass is 9.86. The molecular formula is C20H13F2N. The normalized spacial score (nSPS) is 11.7. The predicted octanol–water partition coefficient (Wildman–Crippen LogP) is 5.29. The van der Waals surface area contributed by atoms with Gasteiger partial charge in [-0.1, -0.05) is 54.6 Å². The van der Waals surface area contributed by atoms with E-state index in [-0.39, 0.29) is 5.56 Å². The molecule has 23 heavy (non-hydrogen) atoms. The number of nitriles is 1. The molecule has 1 unspecified atom stereocenters. The molecular weight excluding hydrogens is 292 g/mol. The maximum atomic E-state index is 14.2. The van der Waals surface area contributed by atoms with Gasteiger partial charge < -0.3 is 0 Å². The number of halogens is 2. The van der Waals surface area contributed by atoms with E-state index in [0.29, 0.717) is 11.1 Å². The van der Waals surface area contributed by atoms with E-state index in [2.05, 4.69) is 6.07 Å². The third kappa shape index (κ3) is 2.97. The van der Waals surface area contributed by atoms with Crippen molar-refractivity contribution in [3.63, 3.8) is 0 Å². The first kappa shape index (κ1) is 14.9. The van der Waals surface area contributed by atoms with E-state index in [1.807, 2.05) is 30.3 Å². The van der Waals surface area contributed by atoms with E-state index in [0.717, 1.165) is 5.56 Å². The average Bonchev–Trinajstić information content (AvgIpc) is 2.58. The van der Waals surface area contributed by atoms with Crippen LogP contribution in [0.3, 0.4) is 0 Å². The monoisotopic (exact) mass is 305 g/mol. The van der Waals surface area contributed by atoms with Gasteiger partial charge in [0.1, 0.15) is 11.6 Å². The molecule has 0 spiro atoms. The zero-order chi connectivity index (χ0) is 16.2. The fourth-order valence-corrected chi connectivity index (χ4v) is 2.66. The number of benzene rings is 3. The van der Waals surface area contributed by atoms with E-state index < -0.39 is 17.6 Å². The van der Waals surface area contributed by atoms with Crippen LogP contribution in [-0.4, -0.2) is 0 Å². The van der Waals surface area contributed by atoms with E-state index in [4.69, 9.17) is 0 Å². The molecule has 0 saturated heterocycles. The van der Waals surface area contributed by atoms with Crippen molar-refractivity contribution in [3.8, 4) is 17.2 Å². The third-order valence-corrected chi connectivity index (χ3v) is 3.75. The maximum absolute atomic E-state index is 14.2. The minimum atomic E-state index is -0.591. The van der Waals surface area contributed by atoms with Crippen LogP contribution in [0.15, 0.2) is 72.8 Å². The molecule has 0 N–H and O–H groups in total. The van der Waals surface area contributed by atoms with E-state index in [1.54, 1.807) is 24.3 Å². The molecule has 0 aromatic heterocycles. The van der Waals surface area contributed by atoms with Crippen molar-refractivity contribution in [2.75, 3.05) is 0 Å². The molecule has 0 fully saturated rings. The van der Waals surface area contributed by atoms with Crippen molar-refractivity contribution >= 4 is 0 Å². The van der Waals surface area contributed by atoms with Crippen LogP contribution in [0, 0.1) is 23.0 Å². The fraction of sp³-hybridized carbons (Fsp3) is 0.0500. The lowest BCUT2D eigenvalue weighted by molar-refractivity contribution is 0.623. The third-order valence-electron chi connectivity index (χ3n) is 3.75. The van der Waals surface area contributed by atoms with Crippen LogP contribution in [0.5, 0.6) is 0 Å². The molecule has 3 aromatic carbocycles. The van der Waals surface area contributed by atoms with Gasteiger partial charge in [0.2, 0.25) is 0 Å². The highest BCUT2D eigenvalue weighted by Gasteiger charge is 2.20. The SMILES string of the molecule is N#CC(c1ccccc1)c1ccc(F)cc1-c1ccccc1F. The van der Waals surface area contributed by atoms with Crippen LogP contribution < -0.4 is 0 Å². The van der Waals surface area contributed by atoms with Gasteiger partial charge in [0.25, 0.3) is 0 Å². The van der Waals surface area contributed by atoms with Crippen LogP contribution in [0.2, 0.25) is 0 Å². The van der Waals surface area contributed by atoms with Crippen LogP contribution in [-0.2, 0) is 0 Å². The van der Waals surface area contributed by atoms with Crippen LogP contribution in [0.25, 0.3) is 11.1 Å². The summed E-state index contributed by atoms with van der Waals surface area (Å²) < 4.78 is 27.9. The molecule has 3 heteroatoms. The minimum absolute atomic E-state index is 0.290. The van der Waals surface area contributed by atoms with Gasteiger partial charge in [0.05, 0.1) is 12.0 Å². The smallest absolute Gasteiger partial charge is 0.131 e. The topological polar surface area (TPSA) is 23.8 Å². The zero-order valence-corrected chi connectivity index (χ0v) is 12.2. The maximum Gasteiger partial charge on any atom is 0.131 e. The standard InChI is InChI=1S/C20H13F2N/c21-15-10-11-16(19(13-23)14-6-2-1-3-7-14)18(12-15)17-8-4-5-9-20(17)22/h1-12,19H. The van der Waals surface area contributed by atoms with Crippen LogP contribution >= 0.6 is 0 Å². The molecule has 0 saturated carbocycles. The molecule has 0 aliphatic carbocycles. The van der Waals surface area contributed by atoms with Gasteiger partial charge in [-0.05, 0) is 34.9 Å². The molecule has 0 amide bonds. The second kappa shape index (κ2) is 6.41. The molecule has 3 rings (SSSR count). The van der Waals surface area contributed by atoms with Crippen LogP contribution in [0.1, 0.15) is 17.0 Å². The van der Waals surface area contributed by atoms with E-state index >= 15 is 0 Å². The Hall–Kier alpha value is -2.99. The molecule has 1 atom stereocenters. The van der Waals surface area contributed by atoms with E-state index in [1.165, 1.54) is 18.2 Å². The molecule has 0 bridgehead atoms. The number of hydrogen-bond donors (Lipinski definition) is 0. The van der Waals surface area contributed by atoms with Crippen molar-refractivity contribution in [1.82, 2.24) is 0 Å². The first-order valence-electron chi connectivity index (χ1n) is 7.19. The first-order chi connectivity index (χ1) is 11.2. The summed E-state index contributed by atoms with van der Waals surface area (Å²) in [5.74, 6) is -1.49. The fourth-order valence-electron chi connectivity index (χ4n) is 2.66. The second-order valence-electron chi connectivity index (χ2n) is 5.18. The summed E-state index contributed by atoms with van der Waals surface area (Å²) in [5, 5.41) is 9.61. The summed E-state index contributed by atoms with van der Waals surface area (Å²) in [7, 11) is 0. The van der Waals surface area contributed by atoms with Gasteiger partial charge in [-0.15, -0.1) is 0 Å². The summed E-state index contributed by atoms with van der Waals surface area (Å²) in [5.41, 5.74) is 2.07. The van der Waals surface area contributed by atoms with Gasteiger partial charge in [0.15, 0.2) is 0 Å². The van der Waals surface area contributed by atoms with Crippen molar-refractivity contribution < 1.29 is 8.78 Å². The second-order valence-corrected chi connectivity index (χ2v) is 5.18. The van der Waals surface area contributed by atoms with Gasteiger partial charge >= 0.3 is 0 Å². The summed E-state index contributed by atoms with van der Waals surface area (Å²) in [4.78, 5) is 0. The lowest BCUT2D eigenvalue weighted by Crippen LogP contribution is -2.02. The average molecular weight is 305 g/mol. The van der Waals surface area contributed by atoms with Crippen molar-refractivity contribution in [1.29, 1.82) is 5.26 Å². The Morgan fingerprint density at radius 2 is 1.48 bits per heavy atom. The molecule has 0 aliphatic rings. The van der Waals surface area contributed by atoms with Gasteiger partial charge in [-0.2, -0.15) is 5.26 Å². The molecule has 0 radical (unpaired) electrons. The molecule has 1 nitrogen and oxygen atoms in total. The number of hydrogen-bond acceptors (Lipinski definition) is 1. The summed E-state index contributed by atoms with van der Waals surface area (Å²) in [6, 6.07) is 21.8. The van der Waals surface area contributed by atoms with Gasteiger partial charge in [-0.3, -0.25) is 0 Å². The van der Waals surface area contributed by atoms with Crippen LogP contribution in [0.4, 0.5) is 8.78 Å². The van der Waals surface area contributed by atoms with Crippen molar-refractivity contribution in [2.24, 2.45) is 0 Å². The Bertz CT molecular complexity index is 866.